The summed E-state index contributed by atoms with van der Waals surface area (Å²) in [5, 5.41) is 2.64. The summed E-state index contributed by atoms with van der Waals surface area (Å²) in [6.45, 7) is -0.535. The molecule has 0 atom stereocenters. The second kappa shape index (κ2) is 9.84. The molecule has 30 heavy (non-hydrogen) atoms. The van der Waals surface area contributed by atoms with Gasteiger partial charge in [-0.05, 0) is 42.0 Å². The molecule has 0 fully saturated rings. The molecule has 0 aliphatic carbocycles. The molecule has 0 saturated carbocycles. The molecule has 8 heteroatoms. The average Bonchev–Trinajstić information content (AvgIpc) is 2.74. The summed E-state index contributed by atoms with van der Waals surface area (Å²) in [6, 6.07) is 16.5. The number of para-hydroxylation sites is 2. The lowest BCUT2D eigenvalue weighted by molar-refractivity contribution is -0.119. The van der Waals surface area contributed by atoms with Crippen LogP contribution in [0.2, 0.25) is 5.02 Å². The zero-order valence-corrected chi connectivity index (χ0v) is 16.3. The maximum atomic E-state index is 13.6. The number of anilines is 1. The molecule has 5 nitrogen and oxygen atoms in total. The number of hydrogen-bond donors (Lipinski definition) is 1. The number of halogens is 3. The summed E-state index contributed by atoms with van der Waals surface area (Å²) in [4.78, 5) is 24.3. The molecule has 0 heterocycles. The fourth-order valence-corrected chi connectivity index (χ4v) is 2.63. The Morgan fingerprint density at radius 2 is 1.57 bits per heavy atom. The third-order valence-electron chi connectivity index (χ3n) is 3.98. The third-order valence-corrected chi connectivity index (χ3v) is 4.23. The van der Waals surface area contributed by atoms with Gasteiger partial charge in [0.15, 0.2) is 6.61 Å². The number of ether oxygens (including phenoxy) is 2. The number of amides is 1. The van der Waals surface area contributed by atoms with Crippen molar-refractivity contribution in [3.63, 3.8) is 0 Å². The van der Waals surface area contributed by atoms with E-state index in [0.717, 1.165) is 17.7 Å². The summed E-state index contributed by atoms with van der Waals surface area (Å²) in [7, 11) is 0. The van der Waals surface area contributed by atoms with E-state index in [1.54, 1.807) is 42.5 Å². The van der Waals surface area contributed by atoms with Gasteiger partial charge in [-0.25, -0.2) is 13.6 Å². The van der Waals surface area contributed by atoms with E-state index in [-0.39, 0.29) is 17.9 Å². The summed E-state index contributed by atoms with van der Waals surface area (Å²) in [5.41, 5.74) is 0.343. The van der Waals surface area contributed by atoms with E-state index in [0.29, 0.717) is 5.02 Å². The van der Waals surface area contributed by atoms with Crippen molar-refractivity contribution in [2.75, 3.05) is 11.9 Å². The van der Waals surface area contributed by atoms with Crippen LogP contribution in [0, 0.1) is 11.6 Å². The minimum absolute atomic E-state index is 0.108. The van der Waals surface area contributed by atoms with Gasteiger partial charge in [-0.1, -0.05) is 41.9 Å². The second-order valence-corrected chi connectivity index (χ2v) is 6.57. The molecule has 0 aliphatic rings. The Kier molecular flexibility index (Phi) is 6.98. The number of rotatable bonds is 7. The van der Waals surface area contributed by atoms with Crippen LogP contribution in [-0.4, -0.2) is 18.5 Å². The van der Waals surface area contributed by atoms with E-state index in [2.05, 4.69) is 0 Å². The minimum atomic E-state index is -0.935. The van der Waals surface area contributed by atoms with Gasteiger partial charge in [-0.2, -0.15) is 0 Å². The van der Waals surface area contributed by atoms with Crippen molar-refractivity contribution in [1.82, 2.24) is 0 Å². The summed E-state index contributed by atoms with van der Waals surface area (Å²) >= 11 is 5.85. The molecule has 0 aliphatic heterocycles. The molecule has 0 aromatic heterocycles. The molecule has 0 bridgehead atoms. The number of hydrogen-bond acceptors (Lipinski definition) is 4. The van der Waals surface area contributed by atoms with Crippen molar-refractivity contribution >= 4 is 29.2 Å². The SMILES string of the molecule is O=C(COC(=O)c1ccccc1OCc1ccc(Cl)cc1)Nc1c(F)cccc1F. The van der Waals surface area contributed by atoms with Crippen LogP contribution >= 0.6 is 11.6 Å². The number of carbonyl (C=O) groups is 2. The Morgan fingerprint density at radius 3 is 2.27 bits per heavy atom. The van der Waals surface area contributed by atoms with Gasteiger partial charge in [0.05, 0.1) is 0 Å². The van der Waals surface area contributed by atoms with Crippen LogP contribution in [0.1, 0.15) is 15.9 Å². The fraction of sp³-hybridized carbons (Fsp3) is 0.0909. The Bertz CT molecular complexity index is 1040. The first-order valence-corrected chi connectivity index (χ1v) is 9.19. The van der Waals surface area contributed by atoms with Crippen molar-refractivity contribution in [2.45, 2.75) is 6.61 Å². The highest BCUT2D eigenvalue weighted by molar-refractivity contribution is 6.30. The van der Waals surface area contributed by atoms with Crippen LogP contribution in [0.5, 0.6) is 5.75 Å². The highest BCUT2D eigenvalue weighted by atomic mass is 35.5. The van der Waals surface area contributed by atoms with E-state index in [1.165, 1.54) is 12.1 Å². The zero-order valence-electron chi connectivity index (χ0n) is 15.5. The van der Waals surface area contributed by atoms with Crippen molar-refractivity contribution in [3.05, 3.63) is 94.5 Å². The summed E-state index contributed by atoms with van der Waals surface area (Å²) < 4.78 is 37.8. The third kappa shape index (κ3) is 5.55. The number of esters is 1. The maximum Gasteiger partial charge on any atom is 0.342 e. The van der Waals surface area contributed by atoms with E-state index < -0.39 is 35.8 Å². The Hall–Kier alpha value is -3.45. The van der Waals surface area contributed by atoms with Gasteiger partial charge in [0.2, 0.25) is 0 Å². The molecule has 0 spiro atoms. The lowest BCUT2D eigenvalue weighted by Gasteiger charge is -2.12. The second-order valence-electron chi connectivity index (χ2n) is 6.13. The molecule has 3 aromatic rings. The predicted octanol–water partition coefficient (Wildman–Crippen LogP) is 4.99. The highest BCUT2D eigenvalue weighted by Gasteiger charge is 2.17. The van der Waals surface area contributed by atoms with Gasteiger partial charge in [0, 0.05) is 5.02 Å². The summed E-state index contributed by atoms with van der Waals surface area (Å²) in [5.74, 6) is -3.30. The highest BCUT2D eigenvalue weighted by Crippen LogP contribution is 2.21. The predicted molar refractivity (Wildman–Crippen MR) is 107 cm³/mol. The quantitative estimate of drug-likeness (QED) is 0.535. The molecule has 3 rings (SSSR count). The molecular formula is C22H16ClF2NO4. The van der Waals surface area contributed by atoms with E-state index in [1.807, 2.05) is 5.32 Å². The summed E-state index contributed by atoms with van der Waals surface area (Å²) in [6.07, 6.45) is 0. The van der Waals surface area contributed by atoms with Crippen LogP contribution in [0.25, 0.3) is 0 Å². The zero-order chi connectivity index (χ0) is 21.5. The molecule has 1 N–H and O–H groups in total. The van der Waals surface area contributed by atoms with Gasteiger partial charge in [0.25, 0.3) is 5.91 Å². The lowest BCUT2D eigenvalue weighted by atomic mass is 10.2. The van der Waals surface area contributed by atoms with Crippen molar-refractivity contribution in [3.8, 4) is 5.75 Å². The molecule has 1 amide bonds. The van der Waals surface area contributed by atoms with E-state index in [9.17, 15) is 18.4 Å². The first-order chi connectivity index (χ1) is 14.4. The number of carbonyl (C=O) groups excluding carboxylic acids is 2. The number of benzene rings is 3. The van der Waals surface area contributed by atoms with Crippen molar-refractivity contribution < 1.29 is 27.8 Å². The van der Waals surface area contributed by atoms with Crippen LogP contribution in [0.4, 0.5) is 14.5 Å². The minimum Gasteiger partial charge on any atom is -0.488 e. The van der Waals surface area contributed by atoms with Crippen LogP contribution in [-0.2, 0) is 16.1 Å². The Labute approximate surface area is 176 Å². The van der Waals surface area contributed by atoms with Crippen LogP contribution in [0.15, 0.2) is 66.7 Å². The Balaban J connectivity index is 1.60. The van der Waals surface area contributed by atoms with Gasteiger partial charge in [-0.15, -0.1) is 0 Å². The van der Waals surface area contributed by atoms with Crippen LogP contribution < -0.4 is 10.1 Å². The molecule has 154 valence electrons. The topological polar surface area (TPSA) is 64.6 Å². The monoisotopic (exact) mass is 431 g/mol. The molecule has 0 unspecified atom stereocenters. The van der Waals surface area contributed by atoms with Crippen molar-refractivity contribution in [1.29, 1.82) is 0 Å². The van der Waals surface area contributed by atoms with Crippen LogP contribution in [0.3, 0.4) is 0 Å². The van der Waals surface area contributed by atoms with Gasteiger partial charge in [0.1, 0.15) is 35.2 Å². The fourth-order valence-electron chi connectivity index (χ4n) is 2.50. The first kappa shape index (κ1) is 21.3. The smallest absolute Gasteiger partial charge is 0.342 e. The van der Waals surface area contributed by atoms with Gasteiger partial charge < -0.3 is 14.8 Å². The van der Waals surface area contributed by atoms with Crippen molar-refractivity contribution in [2.24, 2.45) is 0 Å². The molecule has 0 radical (unpaired) electrons. The van der Waals surface area contributed by atoms with Gasteiger partial charge >= 0.3 is 5.97 Å². The molecule has 3 aromatic carbocycles. The maximum absolute atomic E-state index is 13.6. The molecule has 0 saturated heterocycles. The largest absolute Gasteiger partial charge is 0.488 e. The Morgan fingerprint density at radius 1 is 0.900 bits per heavy atom. The lowest BCUT2D eigenvalue weighted by Crippen LogP contribution is -2.22. The normalized spacial score (nSPS) is 10.4. The average molecular weight is 432 g/mol. The first-order valence-electron chi connectivity index (χ1n) is 8.81. The van der Waals surface area contributed by atoms with E-state index in [4.69, 9.17) is 21.1 Å². The number of nitrogens with one attached hydrogen (secondary N) is 1. The van der Waals surface area contributed by atoms with Gasteiger partial charge in [-0.3, -0.25) is 4.79 Å². The van der Waals surface area contributed by atoms with E-state index >= 15 is 0 Å². The standard InChI is InChI=1S/C22H16ClF2NO4/c23-15-10-8-14(9-11-15)12-29-19-7-2-1-4-16(19)22(28)30-13-20(27)26-21-17(24)5-3-6-18(21)25/h1-11H,12-13H2,(H,26,27). The molecular weight excluding hydrogens is 416 g/mol.